The zero-order chi connectivity index (χ0) is 13.0. The first kappa shape index (κ1) is 13.0. The maximum atomic E-state index is 13.0. The molecule has 0 radical (unpaired) electrons. The molecule has 0 N–H and O–H groups in total. The third-order valence-corrected chi connectivity index (χ3v) is 3.50. The van der Waals surface area contributed by atoms with Crippen LogP contribution in [0.4, 0.5) is 4.39 Å². The van der Waals surface area contributed by atoms with Crippen molar-refractivity contribution in [1.29, 1.82) is 0 Å². The van der Waals surface area contributed by atoms with Gasteiger partial charge in [0.05, 0.1) is 7.11 Å². The van der Waals surface area contributed by atoms with Gasteiger partial charge >= 0.3 is 5.97 Å². The number of benzene rings is 1. The van der Waals surface area contributed by atoms with Gasteiger partial charge in [-0.3, -0.25) is 9.69 Å². The van der Waals surface area contributed by atoms with Crippen molar-refractivity contribution in [3.63, 3.8) is 0 Å². The van der Waals surface area contributed by atoms with Crippen LogP contribution in [0.1, 0.15) is 18.4 Å². The molecule has 1 aromatic carbocycles. The fraction of sp³-hybridized carbons (Fsp3) is 0.500. The van der Waals surface area contributed by atoms with Crippen molar-refractivity contribution in [2.75, 3.05) is 13.8 Å². The first-order valence-electron chi connectivity index (χ1n) is 6.19. The Kier molecular flexibility index (Phi) is 4.31. The van der Waals surface area contributed by atoms with Gasteiger partial charge in [-0.15, -0.1) is 0 Å². The van der Waals surface area contributed by atoms with E-state index in [1.54, 1.807) is 0 Å². The van der Waals surface area contributed by atoms with E-state index in [0.29, 0.717) is 19.4 Å². The largest absolute Gasteiger partial charge is 0.468 e. The Labute approximate surface area is 107 Å². The molecule has 4 heteroatoms. The fourth-order valence-electron chi connectivity index (χ4n) is 2.52. The first-order valence-corrected chi connectivity index (χ1v) is 6.19. The Bertz CT molecular complexity index is 396. The topological polar surface area (TPSA) is 29.5 Å². The van der Waals surface area contributed by atoms with Crippen LogP contribution in [0.15, 0.2) is 30.3 Å². The van der Waals surface area contributed by atoms with Gasteiger partial charge in [0.2, 0.25) is 0 Å². The van der Waals surface area contributed by atoms with E-state index in [0.717, 1.165) is 5.56 Å². The number of nitrogens with zero attached hydrogens (tertiary/aromatic N) is 1. The van der Waals surface area contributed by atoms with Gasteiger partial charge < -0.3 is 4.74 Å². The number of rotatable bonds is 4. The molecule has 2 rings (SSSR count). The molecule has 1 aromatic rings. The molecule has 0 aliphatic carbocycles. The number of esters is 1. The normalized spacial score (nSPS) is 24.1. The van der Waals surface area contributed by atoms with Crippen LogP contribution >= 0.6 is 0 Å². The number of likely N-dealkylation sites (tertiary alicyclic amines) is 1. The lowest BCUT2D eigenvalue weighted by molar-refractivity contribution is -0.146. The highest BCUT2D eigenvalue weighted by Gasteiger charge is 2.38. The number of hydrogen-bond donors (Lipinski definition) is 0. The van der Waals surface area contributed by atoms with Crippen LogP contribution in [0.5, 0.6) is 0 Å². The minimum Gasteiger partial charge on any atom is -0.468 e. The Morgan fingerprint density at radius 3 is 2.72 bits per heavy atom. The number of carbonyl (C=O) groups is 1. The molecule has 1 saturated heterocycles. The number of carbonyl (C=O) groups excluding carboxylic acids is 1. The second-order valence-corrected chi connectivity index (χ2v) is 4.58. The molecule has 0 amide bonds. The predicted molar refractivity (Wildman–Crippen MR) is 66.8 cm³/mol. The fourth-order valence-corrected chi connectivity index (χ4v) is 2.52. The van der Waals surface area contributed by atoms with Crippen LogP contribution < -0.4 is 0 Å². The molecule has 0 unspecified atom stereocenters. The molecule has 2 atom stereocenters. The van der Waals surface area contributed by atoms with Gasteiger partial charge in [-0.05, 0) is 18.4 Å². The third kappa shape index (κ3) is 2.70. The monoisotopic (exact) mass is 251 g/mol. The summed E-state index contributed by atoms with van der Waals surface area (Å²) in [6, 6.07) is 9.33. The molecule has 0 spiro atoms. The van der Waals surface area contributed by atoms with Crippen molar-refractivity contribution in [3.05, 3.63) is 35.9 Å². The molecule has 0 bridgehead atoms. The van der Waals surface area contributed by atoms with E-state index in [-0.39, 0.29) is 18.1 Å². The van der Waals surface area contributed by atoms with E-state index in [2.05, 4.69) is 0 Å². The molecule has 0 saturated carbocycles. The van der Waals surface area contributed by atoms with Crippen LogP contribution in [0.3, 0.4) is 0 Å². The molecule has 1 aliphatic heterocycles. The second-order valence-electron chi connectivity index (χ2n) is 4.58. The van der Waals surface area contributed by atoms with E-state index in [1.807, 2.05) is 35.2 Å². The van der Waals surface area contributed by atoms with Gasteiger partial charge in [0, 0.05) is 12.6 Å². The summed E-state index contributed by atoms with van der Waals surface area (Å²) in [7, 11) is 1.38. The average Bonchev–Trinajstić information content (AvgIpc) is 2.82. The van der Waals surface area contributed by atoms with Gasteiger partial charge in [-0.25, -0.2) is 4.39 Å². The highest BCUT2D eigenvalue weighted by molar-refractivity contribution is 5.76. The van der Waals surface area contributed by atoms with Crippen molar-refractivity contribution in [1.82, 2.24) is 4.90 Å². The summed E-state index contributed by atoms with van der Waals surface area (Å²) < 4.78 is 17.8. The van der Waals surface area contributed by atoms with Gasteiger partial charge in [-0.1, -0.05) is 30.3 Å². The lowest BCUT2D eigenvalue weighted by Gasteiger charge is -2.27. The van der Waals surface area contributed by atoms with Crippen molar-refractivity contribution in [2.24, 2.45) is 0 Å². The number of halogens is 1. The Hall–Kier alpha value is -1.42. The molecular weight excluding hydrogens is 233 g/mol. The standard InChI is InChI=1S/C14H18FNO2/c1-18-14(17)13-8-7-12(9-15)16(13)10-11-5-3-2-4-6-11/h2-6,12-13H,7-10H2,1H3/t12-,13+/m0/s1. The van der Waals surface area contributed by atoms with Gasteiger partial charge in [-0.2, -0.15) is 0 Å². The molecule has 18 heavy (non-hydrogen) atoms. The second kappa shape index (κ2) is 5.96. The van der Waals surface area contributed by atoms with Gasteiger partial charge in [0.25, 0.3) is 0 Å². The zero-order valence-electron chi connectivity index (χ0n) is 10.5. The maximum absolute atomic E-state index is 13.0. The Morgan fingerprint density at radius 1 is 1.39 bits per heavy atom. The summed E-state index contributed by atoms with van der Waals surface area (Å²) in [5.74, 6) is -0.262. The van der Waals surface area contributed by atoms with Gasteiger partial charge in [0.15, 0.2) is 0 Å². The summed E-state index contributed by atoms with van der Waals surface area (Å²) in [6.45, 7) is 0.176. The molecular formula is C14H18FNO2. The number of hydrogen-bond acceptors (Lipinski definition) is 3. The maximum Gasteiger partial charge on any atom is 0.323 e. The van der Waals surface area contributed by atoms with E-state index < -0.39 is 6.67 Å². The average molecular weight is 251 g/mol. The predicted octanol–water partition coefficient (Wildman–Crippen LogP) is 2.16. The minimum atomic E-state index is -0.416. The molecule has 3 nitrogen and oxygen atoms in total. The SMILES string of the molecule is COC(=O)[C@H]1CC[C@@H](CF)N1Cc1ccccc1. The highest BCUT2D eigenvalue weighted by atomic mass is 19.1. The Morgan fingerprint density at radius 2 is 2.11 bits per heavy atom. The van der Waals surface area contributed by atoms with Crippen molar-refractivity contribution in [2.45, 2.75) is 31.5 Å². The van der Waals surface area contributed by atoms with Crippen molar-refractivity contribution < 1.29 is 13.9 Å². The molecule has 0 aromatic heterocycles. The highest BCUT2D eigenvalue weighted by Crippen LogP contribution is 2.27. The number of ether oxygens (including phenoxy) is 1. The summed E-state index contributed by atoms with van der Waals surface area (Å²) in [5.41, 5.74) is 1.09. The van der Waals surface area contributed by atoms with Crippen LogP contribution in [0, 0.1) is 0 Å². The quantitative estimate of drug-likeness (QED) is 0.768. The van der Waals surface area contributed by atoms with Crippen LogP contribution in [-0.4, -0.2) is 36.7 Å². The van der Waals surface area contributed by atoms with E-state index in [1.165, 1.54) is 7.11 Å². The zero-order valence-corrected chi connectivity index (χ0v) is 10.5. The van der Waals surface area contributed by atoms with Crippen LogP contribution in [0.25, 0.3) is 0 Å². The Balaban J connectivity index is 2.12. The summed E-state index contributed by atoms with van der Waals surface area (Å²) in [6.07, 6.45) is 1.39. The summed E-state index contributed by atoms with van der Waals surface area (Å²) in [4.78, 5) is 13.6. The van der Waals surface area contributed by atoms with E-state index in [9.17, 15) is 9.18 Å². The van der Waals surface area contributed by atoms with Crippen LogP contribution in [0.2, 0.25) is 0 Å². The third-order valence-electron chi connectivity index (χ3n) is 3.50. The lowest BCUT2D eigenvalue weighted by atomic mass is 10.2. The van der Waals surface area contributed by atoms with E-state index in [4.69, 9.17) is 4.74 Å². The van der Waals surface area contributed by atoms with E-state index >= 15 is 0 Å². The molecule has 1 fully saturated rings. The first-order chi connectivity index (χ1) is 8.76. The number of methoxy groups -OCH3 is 1. The molecule has 98 valence electrons. The van der Waals surface area contributed by atoms with Crippen molar-refractivity contribution in [3.8, 4) is 0 Å². The van der Waals surface area contributed by atoms with Gasteiger partial charge in [0.1, 0.15) is 12.7 Å². The summed E-state index contributed by atoms with van der Waals surface area (Å²) >= 11 is 0. The smallest absolute Gasteiger partial charge is 0.323 e. The minimum absolute atomic E-state index is 0.172. The molecule has 1 heterocycles. The number of alkyl halides is 1. The lowest BCUT2D eigenvalue weighted by Crippen LogP contribution is -2.41. The van der Waals surface area contributed by atoms with Crippen molar-refractivity contribution >= 4 is 5.97 Å². The van der Waals surface area contributed by atoms with Crippen LogP contribution in [-0.2, 0) is 16.1 Å². The molecule has 1 aliphatic rings. The summed E-state index contributed by atoms with van der Waals surface area (Å²) in [5, 5.41) is 0.